The van der Waals surface area contributed by atoms with Gasteiger partial charge in [0.2, 0.25) is 0 Å². The first-order valence-corrected chi connectivity index (χ1v) is 14.0. The number of carbonyl (C=O) groups excluding carboxylic acids is 1. The highest BCUT2D eigenvalue weighted by Gasteiger charge is 2.38. The molecule has 5 rings (SSSR count). The molecule has 0 spiro atoms. The fraction of sp³-hybridized carbons (Fsp3) is 0.464. The molecule has 1 atom stereocenters. The highest BCUT2D eigenvalue weighted by molar-refractivity contribution is 6.36. The summed E-state index contributed by atoms with van der Waals surface area (Å²) in [4.78, 5) is 26.0. The molecular weight excluding hydrogens is 584 g/mol. The monoisotopic (exact) mass is 612 g/mol. The normalized spacial score (nSPS) is 21.4. The number of nitrogens with one attached hydrogen (secondary N) is 1. The van der Waals surface area contributed by atoms with E-state index in [0.29, 0.717) is 80.2 Å². The largest absolute Gasteiger partial charge is 0.458 e. The van der Waals surface area contributed by atoms with E-state index in [0.717, 1.165) is 18.4 Å². The smallest absolute Gasteiger partial charge is 0.423 e. The number of anilines is 1. The third-order valence-corrected chi connectivity index (χ3v) is 8.20. The zero-order valence-corrected chi connectivity index (χ0v) is 23.2. The van der Waals surface area contributed by atoms with E-state index in [4.69, 9.17) is 20.8 Å². The summed E-state index contributed by atoms with van der Waals surface area (Å²) in [5.74, 6) is 0.168. The highest BCUT2D eigenvalue weighted by atomic mass is 35.5. The van der Waals surface area contributed by atoms with Crippen LogP contribution in [0.25, 0.3) is 11.0 Å². The summed E-state index contributed by atoms with van der Waals surface area (Å²) in [7, 11) is 0. The van der Waals surface area contributed by atoms with E-state index in [1.54, 1.807) is 6.07 Å². The lowest BCUT2D eigenvalue weighted by atomic mass is 9.92. The average Bonchev–Trinajstić information content (AvgIpc) is 3.26. The first-order valence-electron chi connectivity index (χ1n) is 13.6. The van der Waals surface area contributed by atoms with Crippen LogP contribution >= 0.6 is 11.6 Å². The molecule has 9 nitrogen and oxygen atoms in total. The third kappa shape index (κ3) is 6.86. The predicted octanol–water partition coefficient (Wildman–Crippen LogP) is 6.23. The molecule has 42 heavy (non-hydrogen) atoms. The Hall–Kier alpha value is -3.26. The molecule has 1 N–H and O–H groups in total. The van der Waals surface area contributed by atoms with E-state index in [2.05, 4.69) is 10.2 Å². The number of carbonyl (C=O) groups is 1. The maximum Gasteiger partial charge on any atom is 0.423 e. The molecule has 0 amide bonds. The van der Waals surface area contributed by atoms with Crippen LogP contribution < -0.4 is 5.32 Å². The quantitative estimate of drug-likeness (QED) is 0.131. The van der Waals surface area contributed by atoms with E-state index < -0.39 is 28.6 Å². The second-order valence-electron chi connectivity index (χ2n) is 10.6. The Balaban J connectivity index is 1.10. The van der Waals surface area contributed by atoms with E-state index in [1.165, 1.54) is 18.2 Å². The van der Waals surface area contributed by atoms with Gasteiger partial charge in [0.25, 0.3) is 5.69 Å². The maximum atomic E-state index is 13.6. The molecule has 1 saturated carbocycles. The molecular formula is C28H29ClF4N4O5. The number of fused-ring (bicyclic) bond motifs is 1. The van der Waals surface area contributed by atoms with Gasteiger partial charge in [0.15, 0.2) is 12.5 Å². The van der Waals surface area contributed by atoms with E-state index >= 15 is 0 Å². The van der Waals surface area contributed by atoms with Crippen LogP contribution in [0.5, 0.6) is 0 Å². The summed E-state index contributed by atoms with van der Waals surface area (Å²) in [6, 6.07) is 6.99. The number of hydrogen-bond acceptors (Lipinski definition) is 8. The minimum absolute atomic E-state index is 0.132. The molecule has 2 fully saturated rings. The van der Waals surface area contributed by atoms with E-state index in [-0.39, 0.29) is 23.7 Å². The Bertz CT molecular complexity index is 1440. The number of nitro groups is 1. The summed E-state index contributed by atoms with van der Waals surface area (Å²) in [6.07, 6.45) is -2.56. The number of alkyl halides is 3. The number of rotatable bonds is 9. The van der Waals surface area contributed by atoms with Crippen molar-refractivity contribution in [3.05, 3.63) is 68.7 Å². The van der Waals surface area contributed by atoms with Gasteiger partial charge in [-0.2, -0.15) is 13.2 Å². The number of aldehydes is 1. The zero-order chi connectivity index (χ0) is 30.0. The second-order valence-corrected chi connectivity index (χ2v) is 10.9. The van der Waals surface area contributed by atoms with Crippen molar-refractivity contribution in [3.63, 3.8) is 0 Å². The van der Waals surface area contributed by atoms with E-state index in [9.17, 15) is 32.5 Å². The number of hydrogen-bond donors (Lipinski definition) is 1. The Morgan fingerprint density at radius 3 is 2.48 bits per heavy atom. The molecule has 14 heteroatoms. The standard InChI is InChI=1S/C28H29ClF4N4O5/c29-27-21-13-17(30)1-8-24(21)42-25(27)15-35-9-11-36(12-10-35)26(16-38)41-20-5-2-18(3-6-20)34-19-4-7-23(37(39)40)22(14-19)28(31,32)33/h1,4,7-8,13-14,16,18,20,26,34H,2-3,5-6,9-12,15H2. The fourth-order valence-electron chi connectivity index (χ4n) is 5.56. The minimum atomic E-state index is -4.85. The van der Waals surface area contributed by atoms with Crippen LogP contribution in [0.4, 0.5) is 28.9 Å². The molecule has 0 bridgehead atoms. The zero-order valence-electron chi connectivity index (χ0n) is 22.4. The number of nitro benzene ring substituents is 1. The average molecular weight is 613 g/mol. The maximum absolute atomic E-state index is 13.6. The summed E-state index contributed by atoms with van der Waals surface area (Å²) in [5, 5.41) is 15.0. The number of nitrogens with zero attached hydrogens (tertiary/aromatic N) is 3. The Morgan fingerprint density at radius 2 is 1.83 bits per heavy atom. The minimum Gasteiger partial charge on any atom is -0.458 e. The van der Waals surface area contributed by atoms with Crippen LogP contribution in [0.2, 0.25) is 5.02 Å². The van der Waals surface area contributed by atoms with Crippen molar-refractivity contribution in [2.45, 2.75) is 56.8 Å². The second kappa shape index (κ2) is 12.5. The Labute approximate surface area is 243 Å². The van der Waals surface area contributed by atoms with Gasteiger partial charge in [0.1, 0.15) is 22.7 Å². The molecule has 3 aromatic rings. The number of ether oxygens (including phenoxy) is 1. The van der Waals surface area contributed by atoms with Crippen LogP contribution in [-0.2, 0) is 22.3 Å². The first kappa shape index (κ1) is 30.2. The van der Waals surface area contributed by atoms with Crippen molar-refractivity contribution >= 4 is 40.2 Å². The van der Waals surface area contributed by atoms with Crippen molar-refractivity contribution in [2.24, 2.45) is 0 Å². The summed E-state index contributed by atoms with van der Waals surface area (Å²) < 4.78 is 65.5. The van der Waals surface area contributed by atoms with Crippen LogP contribution in [0.3, 0.4) is 0 Å². The van der Waals surface area contributed by atoms with Crippen LogP contribution in [-0.4, -0.2) is 65.6 Å². The van der Waals surface area contributed by atoms with Gasteiger partial charge in [0, 0.05) is 49.4 Å². The molecule has 1 aliphatic carbocycles. The van der Waals surface area contributed by atoms with Crippen molar-refractivity contribution in [1.82, 2.24) is 9.80 Å². The van der Waals surface area contributed by atoms with Gasteiger partial charge in [0.05, 0.1) is 22.6 Å². The van der Waals surface area contributed by atoms with Crippen LogP contribution in [0, 0.1) is 15.9 Å². The molecule has 0 radical (unpaired) electrons. The van der Waals surface area contributed by atoms with Crippen LogP contribution in [0.1, 0.15) is 37.0 Å². The topological polar surface area (TPSA) is 101 Å². The van der Waals surface area contributed by atoms with Gasteiger partial charge in [-0.15, -0.1) is 0 Å². The molecule has 226 valence electrons. The first-order chi connectivity index (χ1) is 20.0. The molecule has 1 unspecified atom stereocenters. The van der Waals surface area contributed by atoms with Gasteiger partial charge < -0.3 is 14.5 Å². The molecule has 2 heterocycles. The number of piperazine rings is 1. The van der Waals surface area contributed by atoms with Gasteiger partial charge in [-0.1, -0.05) is 11.6 Å². The van der Waals surface area contributed by atoms with Gasteiger partial charge in [-0.3, -0.25) is 24.7 Å². The number of benzene rings is 2. The van der Waals surface area contributed by atoms with Gasteiger partial charge in [-0.25, -0.2) is 4.39 Å². The van der Waals surface area contributed by atoms with Gasteiger partial charge >= 0.3 is 6.18 Å². The Kier molecular flexibility index (Phi) is 9.02. The lowest BCUT2D eigenvalue weighted by Gasteiger charge is -2.39. The van der Waals surface area contributed by atoms with Crippen molar-refractivity contribution in [2.75, 3.05) is 31.5 Å². The molecule has 2 aliphatic rings. The van der Waals surface area contributed by atoms with Gasteiger partial charge in [-0.05, 0) is 56.0 Å². The number of halogens is 5. The molecule has 1 saturated heterocycles. The third-order valence-electron chi connectivity index (χ3n) is 7.78. The van der Waals surface area contributed by atoms with Crippen molar-refractivity contribution in [1.29, 1.82) is 0 Å². The summed E-state index contributed by atoms with van der Waals surface area (Å²) in [5.41, 5.74) is -1.59. The lowest BCUT2D eigenvalue weighted by Crippen LogP contribution is -2.52. The summed E-state index contributed by atoms with van der Waals surface area (Å²) >= 11 is 6.42. The summed E-state index contributed by atoms with van der Waals surface area (Å²) in [6.45, 7) is 2.89. The lowest BCUT2D eigenvalue weighted by molar-refractivity contribution is -0.388. The molecule has 1 aromatic heterocycles. The predicted molar refractivity (Wildman–Crippen MR) is 147 cm³/mol. The van der Waals surface area contributed by atoms with Crippen LogP contribution in [0.15, 0.2) is 40.8 Å². The SMILES string of the molecule is O=CC(OC1CCC(Nc2ccc([N+](=O)[O-])c(C(F)(F)F)c2)CC1)N1CCN(Cc2oc3ccc(F)cc3c2Cl)CC1. The molecule has 2 aromatic carbocycles. The Morgan fingerprint density at radius 1 is 1.12 bits per heavy atom. The van der Waals surface area contributed by atoms with Crippen molar-refractivity contribution in [3.8, 4) is 0 Å². The van der Waals surface area contributed by atoms with Crippen molar-refractivity contribution < 1.29 is 36.4 Å². The highest BCUT2D eigenvalue weighted by Crippen LogP contribution is 2.38. The number of furan rings is 1. The molecule has 1 aliphatic heterocycles. The fourth-order valence-corrected chi connectivity index (χ4v) is 5.81. The van der Waals surface area contributed by atoms with E-state index in [1.807, 2.05) is 4.90 Å².